The molecule has 0 atom stereocenters. The van der Waals surface area contributed by atoms with Crippen molar-refractivity contribution in [1.82, 2.24) is 24.8 Å². The number of fused-ring (bicyclic) bond motifs is 3. The summed E-state index contributed by atoms with van der Waals surface area (Å²) in [5.74, 6) is 2.39. The lowest BCUT2D eigenvalue weighted by atomic mass is 10.00. The summed E-state index contributed by atoms with van der Waals surface area (Å²) >= 11 is 0. The van der Waals surface area contributed by atoms with Crippen LogP contribution >= 0.6 is 0 Å². The third-order valence-corrected chi connectivity index (χ3v) is 8.62. The van der Waals surface area contributed by atoms with Crippen molar-refractivity contribution in [2.75, 3.05) is 75.2 Å². The Labute approximate surface area is 240 Å². The molecule has 0 radical (unpaired) electrons. The van der Waals surface area contributed by atoms with E-state index in [0.717, 1.165) is 73.3 Å². The summed E-state index contributed by atoms with van der Waals surface area (Å²) in [6, 6.07) is 19.9. The van der Waals surface area contributed by atoms with Gasteiger partial charge in [-0.1, -0.05) is 48.5 Å². The minimum atomic E-state index is 0.579. The van der Waals surface area contributed by atoms with Crippen molar-refractivity contribution >= 4 is 55.8 Å². The monoisotopic (exact) mass is 548 g/mol. The SMILES string of the molecule is CN(c1c2ccccc2cc2ccccc12)c1ncnc2c(N3CCOCC3)nc(N3CCC(N(C)C)CC3)nc12. The second-order valence-corrected chi connectivity index (χ2v) is 11.2. The number of hydrogen-bond acceptors (Lipinski definition) is 9. The number of hydrogen-bond donors (Lipinski definition) is 0. The summed E-state index contributed by atoms with van der Waals surface area (Å²) in [7, 11) is 6.42. The van der Waals surface area contributed by atoms with Gasteiger partial charge in [-0.3, -0.25) is 0 Å². The van der Waals surface area contributed by atoms with E-state index in [-0.39, 0.29) is 0 Å². The van der Waals surface area contributed by atoms with Crippen molar-refractivity contribution in [3.8, 4) is 0 Å². The molecular formula is C32H36N8O. The van der Waals surface area contributed by atoms with Gasteiger partial charge in [0.25, 0.3) is 0 Å². The summed E-state index contributed by atoms with van der Waals surface area (Å²) < 4.78 is 5.67. The smallest absolute Gasteiger partial charge is 0.228 e. The van der Waals surface area contributed by atoms with Gasteiger partial charge in [0.2, 0.25) is 5.95 Å². The molecule has 0 aliphatic carbocycles. The zero-order chi connectivity index (χ0) is 27.9. The van der Waals surface area contributed by atoms with E-state index in [0.29, 0.717) is 19.3 Å². The summed E-state index contributed by atoms with van der Waals surface area (Å²) in [4.78, 5) is 29.1. The Bertz CT molecular complexity index is 1660. The highest BCUT2D eigenvalue weighted by Gasteiger charge is 2.27. The van der Waals surface area contributed by atoms with E-state index < -0.39 is 0 Å². The van der Waals surface area contributed by atoms with Crippen LogP contribution in [0.5, 0.6) is 0 Å². The summed E-state index contributed by atoms with van der Waals surface area (Å²) in [5.41, 5.74) is 2.66. The molecule has 2 aromatic heterocycles. The highest BCUT2D eigenvalue weighted by Crippen LogP contribution is 2.40. The molecule has 4 heterocycles. The predicted molar refractivity (Wildman–Crippen MR) is 167 cm³/mol. The molecule has 5 aromatic rings. The number of morpholine rings is 1. The molecule has 41 heavy (non-hydrogen) atoms. The Morgan fingerprint density at radius 1 is 0.756 bits per heavy atom. The first kappa shape index (κ1) is 25.9. The molecule has 2 saturated heterocycles. The van der Waals surface area contributed by atoms with Crippen LogP contribution in [0.3, 0.4) is 0 Å². The van der Waals surface area contributed by atoms with Crippen molar-refractivity contribution in [2.45, 2.75) is 18.9 Å². The number of rotatable bonds is 5. The van der Waals surface area contributed by atoms with Crippen LogP contribution < -0.4 is 14.7 Å². The number of aromatic nitrogens is 4. The third-order valence-electron chi connectivity index (χ3n) is 8.62. The average Bonchev–Trinajstić information content (AvgIpc) is 3.03. The largest absolute Gasteiger partial charge is 0.378 e. The van der Waals surface area contributed by atoms with Gasteiger partial charge in [0.1, 0.15) is 17.4 Å². The third kappa shape index (κ3) is 4.69. The standard InChI is InChI=1S/C32H36N8O/c1-37(2)24-12-14-40(15-13-24)32-35-28-27(31(36-32)39-16-18-41-19-17-39)33-21-34-30(28)38(3)29-25-10-6-4-8-22(25)20-23-9-5-7-11-26(23)29/h4-11,20-21,24H,12-19H2,1-3H3. The van der Waals surface area contributed by atoms with Gasteiger partial charge < -0.3 is 24.3 Å². The molecule has 0 unspecified atom stereocenters. The maximum Gasteiger partial charge on any atom is 0.228 e. The van der Waals surface area contributed by atoms with E-state index in [1.807, 2.05) is 0 Å². The number of nitrogens with zero attached hydrogens (tertiary/aromatic N) is 8. The minimum Gasteiger partial charge on any atom is -0.378 e. The maximum absolute atomic E-state index is 5.67. The Kier molecular flexibility index (Phi) is 6.76. The fraction of sp³-hybridized carbons (Fsp3) is 0.375. The van der Waals surface area contributed by atoms with Gasteiger partial charge in [0.15, 0.2) is 11.6 Å². The van der Waals surface area contributed by atoms with Gasteiger partial charge >= 0.3 is 0 Å². The quantitative estimate of drug-likeness (QED) is 0.286. The Morgan fingerprint density at radius 2 is 1.41 bits per heavy atom. The van der Waals surface area contributed by atoms with Gasteiger partial charge in [-0.25, -0.2) is 15.0 Å². The molecule has 0 amide bonds. The highest BCUT2D eigenvalue weighted by atomic mass is 16.5. The highest BCUT2D eigenvalue weighted by molar-refractivity contribution is 6.13. The lowest BCUT2D eigenvalue weighted by Gasteiger charge is -2.36. The Balaban J connectivity index is 1.41. The summed E-state index contributed by atoms with van der Waals surface area (Å²) in [5, 5.41) is 4.74. The first-order valence-electron chi connectivity index (χ1n) is 14.5. The molecule has 2 fully saturated rings. The van der Waals surface area contributed by atoms with Gasteiger partial charge in [0, 0.05) is 50.0 Å². The van der Waals surface area contributed by atoms with Crippen LogP contribution in [0.25, 0.3) is 32.6 Å². The lowest BCUT2D eigenvalue weighted by Crippen LogP contribution is -2.43. The molecule has 3 aromatic carbocycles. The van der Waals surface area contributed by atoms with Crippen LogP contribution in [-0.2, 0) is 4.74 Å². The second-order valence-electron chi connectivity index (χ2n) is 11.2. The van der Waals surface area contributed by atoms with Crippen LogP contribution in [0.1, 0.15) is 12.8 Å². The van der Waals surface area contributed by atoms with Gasteiger partial charge in [-0.05, 0) is 43.8 Å². The second kappa shape index (κ2) is 10.7. The predicted octanol–water partition coefficient (Wildman–Crippen LogP) is 4.86. The van der Waals surface area contributed by atoms with E-state index in [1.54, 1.807) is 6.33 Å². The van der Waals surface area contributed by atoms with E-state index in [2.05, 4.69) is 95.3 Å². The zero-order valence-corrected chi connectivity index (χ0v) is 24.0. The molecule has 0 spiro atoms. The Morgan fingerprint density at radius 3 is 2.07 bits per heavy atom. The van der Waals surface area contributed by atoms with Crippen molar-refractivity contribution in [3.63, 3.8) is 0 Å². The van der Waals surface area contributed by atoms with Crippen molar-refractivity contribution in [1.29, 1.82) is 0 Å². The number of ether oxygens (including phenoxy) is 1. The van der Waals surface area contributed by atoms with Crippen molar-refractivity contribution in [3.05, 3.63) is 60.9 Å². The molecule has 210 valence electrons. The fourth-order valence-electron chi connectivity index (χ4n) is 6.33. The van der Waals surface area contributed by atoms with Crippen LogP contribution in [0.15, 0.2) is 60.9 Å². The summed E-state index contributed by atoms with van der Waals surface area (Å²) in [6.07, 6.45) is 3.82. The van der Waals surface area contributed by atoms with Crippen molar-refractivity contribution < 1.29 is 4.74 Å². The number of benzene rings is 3. The fourth-order valence-corrected chi connectivity index (χ4v) is 6.33. The van der Waals surface area contributed by atoms with Crippen molar-refractivity contribution in [2.24, 2.45) is 0 Å². The molecule has 0 N–H and O–H groups in total. The summed E-state index contributed by atoms with van der Waals surface area (Å²) in [6.45, 7) is 4.74. The molecule has 9 nitrogen and oxygen atoms in total. The lowest BCUT2D eigenvalue weighted by molar-refractivity contribution is 0.122. The van der Waals surface area contributed by atoms with Gasteiger partial charge in [-0.15, -0.1) is 0 Å². The van der Waals surface area contributed by atoms with Crippen LogP contribution in [-0.4, -0.2) is 91.4 Å². The number of anilines is 4. The first-order valence-corrected chi connectivity index (χ1v) is 14.5. The van der Waals surface area contributed by atoms with Gasteiger partial charge in [0.05, 0.1) is 18.9 Å². The first-order chi connectivity index (χ1) is 20.1. The van der Waals surface area contributed by atoms with E-state index in [9.17, 15) is 0 Å². The Hall–Kier alpha value is -4.08. The van der Waals surface area contributed by atoms with Crippen LogP contribution in [0, 0.1) is 0 Å². The topological polar surface area (TPSA) is 73.8 Å². The molecule has 7 rings (SSSR count). The van der Waals surface area contributed by atoms with E-state index in [4.69, 9.17) is 24.7 Å². The molecule has 2 aliphatic heterocycles. The molecule has 0 bridgehead atoms. The molecular weight excluding hydrogens is 512 g/mol. The zero-order valence-electron chi connectivity index (χ0n) is 24.0. The van der Waals surface area contributed by atoms with E-state index in [1.165, 1.54) is 21.5 Å². The minimum absolute atomic E-state index is 0.579. The molecule has 0 saturated carbocycles. The van der Waals surface area contributed by atoms with Crippen LogP contribution in [0.4, 0.5) is 23.3 Å². The number of piperidine rings is 1. The van der Waals surface area contributed by atoms with Gasteiger partial charge in [-0.2, -0.15) is 4.98 Å². The average molecular weight is 549 g/mol. The molecule has 9 heteroatoms. The molecule has 2 aliphatic rings. The van der Waals surface area contributed by atoms with E-state index >= 15 is 0 Å². The van der Waals surface area contributed by atoms with Crippen LogP contribution in [0.2, 0.25) is 0 Å². The maximum atomic E-state index is 5.67. The normalized spacial score (nSPS) is 16.8.